The highest BCUT2D eigenvalue weighted by Crippen LogP contribution is 2.44. The Hall–Kier alpha value is 0.387. The minimum absolute atomic E-state index is 0.0925. The van der Waals surface area contributed by atoms with E-state index in [1.54, 1.807) is 0 Å². The van der Waals surface area contributed by atoms with Gasteiger partial charge in [0.2, 0.25) is 5.91 Å². The lowest BCUT2D eigenvalue weighted by molar-refractivity contribution is -0.121. The zero-order chi connectivity index (χ0) is 13.1. The van der Waals surface area contributed by atoms with E-state index < -0.39 is 8.07 Å². The molecule has 1 heterocycles. The molecule has 0 aliphatic carbocycles. The van der Waals surface area contributed by atoms with Gasteiger partial charge in [-0.15, -0.1) is 0 Å². The van der Waals surface area contributed by atoms with E-state index >= 15 is 0 Å². The summed E-state index contributed by atoms with van der Waals surface area (Å²) >= 11 is 0. The van der Waals surface area contributed by atoms with Crippen LogP contribution < -0.4 is 5.73 Å². The van der Waals surface area contributed by atoms with Crippen molar-refractivity contribution in [2.75, 3.05) is 5.75 Å². The maximum Gasteiger partial charge on any atom is 0.220 e. The molecule has 0 aromatic carbocycles. The quantitative estimate of drug-likeness (QED) is 0.596. The number of carbonyl (C=O) groups is 1. The maximum absolute atomic E-state index is 11.7. The molecule has 1 amide bonds. The first-order chi connectivity index (χ1) is 7.77. The molecule has 2 nitrogen and oxygen atoms in total. The van der Waals surface area contributed by atoms with Gasteiger partial charge in [0.25, 0.3) is 0 Å². The lowest BCUT2D eigenvalue weighted by Crippen LogP contribution is -2.46. The van der Waals surface area contributed by atoms with Crippen LogP contribution in [0.15, 0.2) is 0 Å². The number of hydrogen-bond donors (Lipinski definition) is 1. The Morgan fingerprint density at radius 2 is 2.12 bits per heavy atom. The minimum Gasteiger partial charge on any atom is -0.369 e. The fourth-order valence-corrected chi connectivity index (χ4v) is 6.81. The number of primary amides is 1. The standard InChI is InChI=1S/C12H25NOS2Si/c1-12(11(13)14,17(2,3)4)8-5-6-10-7-9-15-16-10/h10H,5-9H2,1-4H3,(H2,13,14). The van der Waals surface area contributed by atoms with Gasteiger partial charge in [0, 0.05) is 16.0 Å². The highest BCUT2D eigenvalue weighted by molar-refractivity contribution is 8.77. The fourth-order valence-electron chi connectivity index (χ4n) is 2.12. The molecular weight excluding hydrogens is 266 g/mol. The van der Waals surface area contributed by atoms with E-state index in [1.165, 1.54) is 18.6 Å². The van der Waals surface area contributed by atoms with E-state index in [0.717, 1.165) is 18.1 Å². The second-order valence-corrected chi connectivity index (χ2v) is 14.6. The third-order valence-electron chi connectivity index (χ3n) is 4.13. The molecule has 1 aliphatic heterocycles. The van der Waals surface area contributed by atoms with Crippen LogP contribution in [0.3, 0.4) is 0 Å². The molecule has 5 heteroatoms. The molecule has 1 rings (SSSR count). The smallest absolute Gasteiger partial charge is 0.220 e. The van der Waals surface area contributed by atoms with Crippen molar-refractivity contribution in [1.29, 1.82) is 0 Å². The molecule has 0 bridgehead atoms. The van der Waals surface area contributed by atoms with E-state index in [9.17, 15) is 4.79 Å². The second kappa shape index (κ2) is 6.02. The summed E-state index contributed by atoms with van der Waals surface area (Å²) in [6.45, 7) is 8.83. The van der Waals surface area contributed by atoms with Crippen molar-refractivity contribution < 1.29 is 4.79 Å². The molecule has 2 N–H and O–H groups in total. The van der Waals surface area contributed by atoms with Crippen LogP contribution in [-0.4, -0.2) is 25.0 Å². The Morgan fingerprint density at radius 1 is 1.47 bits per heavy atom. The van der Waals surface area contributed by atoms with Gasteiger partial charge in [-0.3, -0.25) is 4.79 Å². The van der Waals surface area contributed by atoms with E-state index in [0.29, 0.717) is 0 Å². The van der Waals surface area contributed by atoms with Crippen molar-refractivity contribution in [2.45, 2.75) is 62.5 Å². The number of amides is 1. The molecule has 0 radical (unpaired) electrons. The Morgan fingerprint density at radius 3 is 2.53 bits per heavy atom. The molecule has 100 valence electrons. The van der Waals surface area contributed by atoms with Gasteiger partial charge in [-0.25, -0.2) is 0 Å². The Kier molecular flexibility index (Phi) is 5.47. The third kappa shape index (κ3) is 3.93. The van der Waals surface area contributed by atoms with E-state index in [2.05, 4.69) is 26.6 Å². The Bertz CT molecular complexity index is 274. The van der Waals surface area contributed by atoms with Gasteiger partial charge in [0.05, 0.1) is 8.07 Å². The van der Waals surface area contributed by atoms with Crippen LogP contribution in [0.5, 0.6) is 0 Å². The van der Waals surface area contributed by atoms with Crippen LogP contribution in [0.1, 0.15) is 32.6 Å². The predicted octanol–water partition coefficient (Wildman–Crippen LogP) is 3.89. The average molecular weight is 292 g/mol. The largest absolute Gasteiger partial charge is 0.369 e. The van der Waals surface area contributed by atoms with Crippen LogP contribution in [-0.2, 0) is 4.79 Å². The van der Waals surface area contributed by atoms with Crippen molar-refractivity contribution in [3.63, 3.8) is 0 Å². The second-order valence-electron chi connectivity index (χ2n) is 6.17. The van der Waals surface area contributed by atoms with Crippen LogP contribution in [0, 0.1) is 0 Å². The van der Waals surface area contributed by atoms with Crippen molar-refractivity contribution in [1.82, 2.24) is 0 Å². The number of nitrogens with two attached hydrogens (primary N) is 1. The lowest BCUT2D eigenvalue weighted by Gasteiger charge is -2.38. The minimum atomic E-state index is -1.54. The summed E-state index contributed by atoms with van der Waals surface area (Å²) in [6, 6.07) is 0. The summed E-state index contributed by atoms with van der Waals surface area (Å²) in [5, 5.41) is 0.558. The molecule has 0 spiro atoms. The first-order valence-electron chi connectivity index (χ1n) is 6.35. The third-order valence-corrected chi connectivity index (χ3v) is 10.9. The van der Waals surface area contributed by atoms with E-state index in [-0.39, 0.29) is 10.9 Å². The zero-order valence-electron chi connectivity index (χ0n) is 11.4. The van der Waals surface area contributed by atoms with E-state index in [4.69, 9.17) is 5.73 Å². The summed E-state index contributed by atoms with van der Waals surface area (Å²) in [6.07, 6.45) is 4.68. The number of hydrogen-bond acceptors (Lipinski definition) is 3. The van der Waals surface area contributed by atoms with Crippen molar-refractivity contribution >= 4 is 35.6 Å². The summed E-state index contributed by atoms with van der Waals surface area (Å²) < 4.78 is 0. The van der Waals surface area contributed by atoms with Crippen molar-refractivity contribution in [2.24, 2.45) is 5.73 Å². The maximum atomic E-state index is 11.7. The van der Waals surface area contributed by atoms with Gasteiger partial charge < -0.3 is 5.73 Å². The summed E-state index contributed by atoms with van der Waals surface area (Å²) in [4.78, 5) is 11.7. The van der Waals surface area contributed by atoms with E-state index in [1.807, 2.05) is 21.6 Å². The predicted molar refractivity (Wildman–Crippen MR) is 83.2 cm³/mol. The highest BCUT2D eigenvalue weighted by atomic mass is 33.1. The molecule has 1 saturated heterocycles. The summed E-state index contributed by atoms with van der Waals surface area (Å²) in [5.74, 6) is 1.20. The summed E-state index contributed by atoms with van der Waals surface area (Å²) in [5.41, 5.74) is 5.64. The van der Waals surface area contributed by atoms with Crippen LogP contribution in [0.4, 0.5) is 0 Å². The van der Waals surface area contributed by atoms with Crippen LogP contribution in [0.2, 0.25) is 24.7 Å². The van der Waals surface area contributed by atoms with Crippen LogP contribution in [0.25, 0.3) is 0 Å². The van der Waals surface area contributed by atoms with Gasteiger partial charge in [0.1, 0.15) is 0 Å². The molecule has 0 aromatic rings. The molecule has 1 fully saturated rings. The normalized spacial score (nSPS) is 24.6. The zero-order valence-corrected chi connectivity index (χ0v) is 14.0. The first kappa shape index (κ1) is 15.4. The fraction of sp³-hybridized carbons (Fsp3) is 0.917. The van der Waals surface area contributed by atoms with Crippen molar-refractivity contribution in [3.05, 3.63) is 0 Å². The van der Waals surface area contributed by atoms with Gasteiger partial charge >= 0.3 is 0 Å². The molecule has 2 atom stereocenters. The first-order valence-corrected chi connectivity index (χ1v) is 12.2. The Labute approximate surface area is 114 Å². The molecule has 1 aliphatic rings. The number of rotatable bonds is 6. The SMILES string of the molecule is CC(CCCC1CCSS1)(C(N)=O)[Si](C)(C)C. The highest BCUT2D eigenvalue weighted by Gasteiger charge is 2.43. The van der Waals surface area contributed by atoms with Crippen LogP contribution >= 0.6 is 21.6 Å². The monoisotopic (exact) mass is 291 g/mol. The van der Waals surface area contributed by atoms with Gasteiger partial charge in [-0.05, 0) is 19.3 Å². The summed E-state index contributed by atoms with van der Waals surface area (Å²) in [7, 11) is 2.47. The molecule has 0 saturated carbocycles. The average Bonchev–Trinajstić information content (AvgIpc) is 2.68. The molecular formula is C12H25NOS2Si. The topological polar surface area (TPSA) is 43.1 Å². The van der Waals surface area contributed by atoms with Gasteiger partial charge in [0.15, 0.2) is 0 Å². The Balaban J connectivity index is 2.47. The lowest BCUT2D eigenvalue weighted by atomic mass is 10.0. The molecule has 2 unspecified atom stereocenters. The van der Waals surface area contributed by atoms with Gasteiger partial charge in [-0.2, -0.15) is 0 Å². The molecule has 0 aromatic heterocycles. The number of carbonyl (C=O) groups excluding carboxylic acids is 1. The van der Waals surface area contributed by atoms with Crippen molar-refractivity contribution in [3.8, 4) is 0 Å². The molecule has 17 heavy (non-hydrogen) atoms. The van der Waals surface area contributed by atoms with Gasteiger partial charge in [-0.1, -0.05) is 54.6 Å².